The van der Waals surface area contributed by atoms with Crippen molar-refractivity contribution in [2.24, 2.45) is 0 Å². The minimum Gasteiger partial charge on any atom is -0.507 e. The summed E-state index contributed by atoms with van der Waals surface area (Å²) in [5, 5.41) is 22.7. The van der Waals surface area contributed by atoms with Crippen LogP contribution in [0.2, 0.25) is 0 Å². The molecule has 1 amide bonds. The van der Waals surface area contributed by atoms with E-state index in [1.165, 1.54) is 23.1 Å². The van der Waals surface area contributed by atoms with Crippen LogP contribution in [-0.4, -0.2) is 52.0 Å². The van der Waals surface area contributed by atoms with Gasteiger partial charge in [0.15, 0.2) is 0 Å². The van der Waals surface area contributed by atoms with Gasteiger partial charge in [0.1, 0.15) is 17.6 Å². The summed E-state index contributed by atoms with van der Waals surface area (Å²) >= 11 is 0. The van der Waals surface area contributed by atoms with Gasteiger partial charge >= 0.3 is 0 Å². The summed E-state index contributed by atoms with van der Waals surface area (Å²) in [4.78, 5) is 38.5. The number of nitro groups is 1. The molecule has 9 nitrogen and oxygen atoms in total. The topological polar surface area (TPSA) is 119 Å². The Hall–Kier alpha value is -3.72. The largest absolute Gasteiger partial charge is 0.507 e. The highest BCUT2D eigenvalue weighted by atomic mass is 16.6. The summed E-state index contributed by atoms with van der Waals surface area (Å²) in [6, 6.07) is 9.98. The summed E-state index contributed by atoms with van der Waals surface area (Å²) < 4.78 is 11.4. The molecule has 2 aromatic rings. The van der Waals surface area contributed by atoms with Crippen molar-refractivity contribution >= 4 is 23.1 Å². The van der Waals surface area contributed by atoms with Crippen molar-refractivity contribution in [3.63, 3.8) is 0 Å². The van der Waals surface area contributed by atoms with Crippen molar-refractivity contribution in [3.8, 4) is 5.75 Å². The number of ketones is 1. The molecule has 3 unspecified atom stereocenters. The molecule has 2 aromatic carbocycles. The number of nitrogens with zero attached hydrogens (tertiary/aromatic N) is 2. The van der Waals surface area contributed by atoms with E-state index in [1.54, 1.807) is 24.3 Å². The maximum atomic E-state index is 13.2. The number of amides is 1. The van der Waals surface area contributed by atoms with E-state index in [0.29, 0.717) is 24.2 Å². The van der Waals surface area contributed by atoms with Gasteiger partial charge < -0.3 is 19.5 Å². The minimum atomic E-state index is -0.965. The average molecular weight is 464 g/mol. The Kier molecular flexibility index (Phi) is 5.57. The number of non-ortho nitro benzene ring substituents is 1. The minimum absolute atomic E-state index is 0.00857. The Labute approximate surface area is 195 Å². The standard InChI is InChI=1S/C25H24N2O7/c1-14-10-17-11-16(7-8-20(17)34-14)23(28)21-22(15-4-2-5-18(12-15)27(31)32)26(25(30)24(21)29)13-19-6-3-9-33-19/h2,4-5,7-8,11-12,14,19,22,28H,3,6,9-10,13H2,1H3. The molecular weight excluding hydrogens is 440 g/mol. The molecule has 0 aromatic heterocycles. The van der Waals surface area contributed by atoms with E-state index in [1.807, 2.05) is 6.92 Å². The molecule has 9 heteroatoms. The highest BCUT2D eigenvalue weighted by Gasteiger charge is 2.47. The molecule has 0 aliphatic carbocycles. The molecule has 0 radical (unpaired) electrons. The zero-order valence-corrected chi connectivity index (χ0v) is 18.6. The molecule has 1 N–H and O–H groups in total. The zero-order chi connectivity index (χ0) is 24.0. The number of Topliss-reactive ketones (excluding diaryl/α,β-unsaturated/α-hetero) is 1. The van der Waals surface area contributed by atoms with Gasteiger partial charge in [-0.3, -0.25) is 19.7 Å². The second-order valence-electron chi connectivity index (χ2n) is 8.89. The smallest absolute Gasteiger partial charge is 0.295 e. The van der Waals surface area contributed by atoms with Crippen molar-refractivity contribution in [3.05, 3.63) is 74.8 Å². The number of aliphatic hydroxyl groups excluding tert-OH is 1. The van der Waals surface area contributed by atoms with Crippen LogP contribution in [0.3, 0.4) is 0 Å². The van der Waals surface area contributed by atoms with Gasteiger partial charge in [-0.25, -0.2) is 0 Å². The Morgan fingerprint density at radius 3 is 2.79 bits per heavy atom. The van der Waals surface area contributed by atoms with Crippen molar-refractivity contribution in [1.29, 1.82) is 0 Å². The molecule has 3 aliphatic heterocycles. The fraction of sp³-hybridized carbons (Fsp3) is 0.360. The van der Waals surface area contributed by atoms with Gasteiger partial charge in [-0.1, -0.05) is 12.1 Å². The van der Waals surface area contributed by atoms with E-state index in [2.05, 4.69) is 0 Å². The quantitative estimate of drug-likeness (QED) is 0.236. The van der Waals surface area contributed by atoms with E-state index in [-0.39, 0.29) is 35.8 Å². The van der Waals surface area contributed by atoms with E-state index in [9.17, 15) is 24.8 Å². The van der Waals surface area contributed by atoms with Gasteiger partial charge in [0, 0.05) is 37.3 Å². The van der Waals surface area contributed by atoms with Crippen LogP contribution in [0.5, 0.6) is 5.75 Å². The summed E-state index contributed by atoms with van der Waals surface area (Å²) in [5.41, 5.74) is 1.42. The lowest BCUT2D eigenvalue weighted by molar-refractivity contribution is -0.384. The molecule has 0 saturated carbocycles. The summed E-state index contributed by atoms with van der Waals surface area (Å²) in [6.45, 7) is 2.68. The molecule has 0 spiro atoms. The van der Waals surface area contributed by atoms with E-state index >= 15 is 0 Å². The predicted molar refractivity (Wildman–Crippen MR) is 121 cm³/mol. The molecule has 2 saturated heterocycles. The average Bonchev–Trinajstić information content (AvgIpc) is 3.52. The van der Waals surface area contributed by atoms with Crippen LogP contribution in [0.1, 0.15) is 42.5 Å². The maximum absolute atomic E-state index is 13.2. The van der Waals surface area contributed by atoms with Crippen LogP contribution in [0, 0.1) is 10.1 Å². The number of carbonyl (C=O) groups excluding carboxylic acids is 2. The number of carbonyl (C=O) groups is 2. The molecule has 176 valence electrons. The Morgan fingerprint density at radius 2 is 2.06 bits per heavy atom. The number of nitro benzene ring substituents is 1. The zero-order valence-electron chi connectivity index (χ0n) is 18.6. The number of hydrogen-bond donors (Lipinski definition) is 1. The lowest BCUT2D eigenvalue weighted by Gasteiger charge is -2.27. The van der Waals surface area contributed by atoms with Gasteiger partial charge in [-0.05, 0) is 49.1 Å². The molecular formula is C25H24N2O7. The second-order valence-corrected chi connectivity index (χ2v) is 8.89. The van der Waals surface area contributed by atoms with Crippen LogP contribution in [0.15, 0.2) is 48.0 Å². The molecule has 3 heterocycles. The van der Waals surface area contributed by atoms with Gasteiger partial charge in [0.25, 0.3) is 17.4 Å². The number of fused-ring (bicyclic) bond motifs is 1. The molecule has 0 bridgehead atoms. The Morgan fingerprint density at radius 1 is 1.24 bits per heavy atom. The van der Waals surface area contributed by atoms with Crippen LogP contribution in [-0.2, 0) is 20.7 Å². The SMILES string of the molecule is CC1Cc2cc(C(O)=C3C(=O)C(=O)N(CC4CCCO4)C3c3cccc([N+](=O)[O-])c3)ccc2O1. The summed E-state index contributed by atoms with van der Waals surface area (Å²) in [6.07, 6.45) is 2.03. The number of hydrogen-bond acceptors (Lipinski definition) is 7. The first kappa shape index (κ1) is 22.1. The summed E-state index contributed by atoms with van der Waals surface area (Å²) in [5.74, 6) is -1.17. The van der Waals surface area contributed by atoms with Crippen molar-refractivity contribution in [1.82, 2.24) is 4.90 Å². The van der Waals surface area contributed by atoms with Gasteiger partial charge in [-0.2, -0.15) is 0 Å². The number of ether oxygens (including phenoxy) is 2. The first-order chi connectivity index (χ1) is 16.3. The third-order valence-corrected chi connectivity index (χ3v) is 6.53. The maximum Gasteiger partial charge on any atom is 0.295 e. The van der Waals surface area contributed by atoms with Crippen molar-refractivity contribution in [2.45, 2.75) is 44.4 Å². The van der Waals surface area contributed by atoms with Crippen molar-refractivity contribution < 1.29 is 29.1 Å². The monoisotopic (exact) mass is 464 g/mol. The fourth-order valence-electron chi connectivity index (χ4n) is 4.96. The van der Waals surface area contributed by atoms with Crippen molar-refractivity contribution in [2.75, 3.05) is 13.2 Å². The second kappa shape index (κ2) is 8.57. The van der Waals surface area contributed by atoms with E-state index < -0.39 is 22.7 Å². The Balaban J connectivity index is 1.62. The van der Waals surface area contributed by atoms with E-state index in [4.69, 9.17) is 9.47 Å². The lowest BCUT2D eigenvalue weighted by Crippen LogP contribution is -2.36. The first-order valence-electron chi connectivity index (χ1n) is 11.3. The molecule has 3 aliphatic rings. The third kappa shape index (κ3) is 3.81. The van der Waals surface area contributed by atoms with Crippen LogP contribution < -0.4 is 4.74 Å². The van der Waals surface area contributed by atoms with Crippen LogP contribution in [0.25, 0.3) is 5.76 Å². The number of aliphatic hydroxyl groups is 1. The number of benzene rings is 2. The predicted octanol–water partition coefficient (Wildman–Crippen LogP) is 3.52. The molecule has 3 atom stereocenters. The van der Waals surface area contributed by atoms with E-state index in [0.717, 1.165) is 24.2 Å². The third-order valence-electron chi connectivity index (χ3n) is 6.53. The highest BCUT2D eigenvalue weighted by molar-refractivity contribution is 6.46. The molecule has 5 rings (SSSR count). The fourth-order valence-corrected chi connectivity index (χ4v) is 4.96. The first-order valence-corrected chi connectivity index (χ1v) is 11.3. The van der Waals surface area contributed by atoms with Gasteiger partial charge in [0.05, 0.1) is 22.6 Å². The number of likely N-dealkylation sites (tertiary alicyclic amines) is 1. The van der Waals surface area contributed by atoms with Crippen LogP contribution >= 0.6 is 0 Å². The normalized spacial score (nSPS) is 25.4. The summed E-state index contributed by atoms with van der Waals surface area (Å²) in [7, 11) is 0. The number of rotatable bonds is 5. The lowest BCUT2D eigenvalue weighted by atomic mass is 9.94. The van der Waals surface area contributed by atoms with Crippen LogP contribution in [0.4, 0.5) is 5.69 Å². The molecule has 34 heavy (non-hydrogen) atoms. The molecule has 2 fully saturated rings. The highest BCUT2D eigenvalue weighted by Crippen LogP contribution is 2.41. The van der Waals surface area contributed by atoms with Gasteiger partial charge in [0.2, 0.25) is 0 Å². The Bertz CT molecular complexity index is 1220. The van der Waals surface area contributed by atoms with Gasteiger partial charge in [-0.15, -0.1) is 0 Å².